The fraction of sp³-hybridized carbons (Fsp3) is 0.375. The van der Waals surface area contributed by atoms with E-state index in [1.165, 1.54) is 11.3 Å². The Morgan fingerprint density at radius 3 is 2.90 bits per heavy atom. The van der Waals surface area contributed by atoms with Crippen molar-refractivity contribution in [3.63, 3.8) is 0 Å². The summed E-state index contributed by atoms with van der Waals surface area (Å²) >= 11 is 0. The molecule has 1 atom stereocenters. The van der Waals surface area contributed by atoms with Gasteiger partial charge < -0.3 is 10.2 Å². The van der Waals surface area contributed by atoms with Gasteiger partial charge in [-0.05, 0) is 38.9 Å². The Hall–Kier alpha value is -1.94. The zero-order chi connectivity index (χ0) is 14.1. The molecule has 0 saturated heterocycles. The maximum Gasteiger partial charge on any atom is 0.230 e. The second kappa shape index (κ2) is 5.21. The standard InChI is InChI=1S/C16H20N4/c1-11-8-13-6-4-5-7-15(13)20(11)16-18-10-14(9-17-3)12(2)19-16/h4-7,10-11,17H,8-9H2,1-3H3. The van der Waals surface area contributed by atoms with Crippen LogP contribution in [0.3, 0.4) is 0 Å². The lowest BCUT2D eigenvalue weighted by molar-refractivity contribution is 0.731. The van der Waals surface area contributed by atoms with Crippen molar-refractivity contribution < 1.29 is 0 Å². The number of hydrogen-bond acceptors (Lipinski definition) is 4. The summed E-state index contributed by atoms with van der Waals surface area (Å²) in [5.41, 5.74) is 4.80. The number of fused-ring (bicyclic) bond motifs is 1. The SMILES string of the molecule is CNCc1cnc(N2c3ccccc3CC2C)nc1C. The van der Waals surface area contributed by atoms with Crippen LogP contribution in [0.5, 0.6) is 0 Å². The van der Waals surface area contributed by atoms with Gasteiger partial charge in [-0.3, -0.25) is 0 Å². The fourth-order valence-electron chi connectivity index (χ4n) is 2.83. The molecule has 0 spiro atoms. The number of anilines is 2. The third-order valence-corrected chi connectivity index (χ3v) is 3.86. The summed E-state index contributed by atoms with van der Waals surface area (Å²) in [5, 5.41) is 3.14. The van der Waals surface area contributed by atoms with Gasteiger partial charge in [-0.1, -0.05) is 18.2 Å². The third-order valence-electron chi connectivity index (χ3n) is 3.86. The molecule has 1 aliphatic rings. The van der Waals surface area contributed by atoms with Crippen molar-refractivity contribution in [3.8, 4) is 0 Å². The molecule has 1 aromatic carbocycles. The number of hydrogen-bond donors (Lipinski definition) is 1. The predicted octanol–water partition coefficient (Wildman–Crippen LogP) is 2.59. The van der Waals surface area contributed by atoms with Crippen LogP contribution in [0, 0.1) is 6.92 Å². The molecule has 1 unspecified atom stereocenters. The van der Waals surface area contributed by atoms with Crippen molar-refractivity contribution in [2.24, 2.45) is 0 Å². The van der Waals surface area contributed by atoms with E-state index in [1.807, 2.05) is 20.2 Å². The van der Waals surface area contributed by atoms with Gasteiger partial charge in [-0.2, -0.15) is 0 Å². The van der Waals surface area contributed by atoms with E-state index in [0.717, 1.165) is 30.2 Å². The Morgan fingerprint density at radius 2 is 2.15 bits per heavy atom. The monoisotopic (exact) mass is 268 g/mol. The van der Waals surface area contributed by atoms with E-state index in [9.17, 15) is 0 Å². The number of rotatable bonds is 3. The van der Waals surface area contributed by atoms with Crippen molar-refractivity contribution >= 4 is 11.6 Å². The summed E-state index contributed by atoms with van der Waals surface area (Å²) in [6.07, 6.45) is 2.98. The summed E-state index contributed by atoms with van der Waals surface area (Å²) < 4.78 is 0. The highest BCUT2D eigenvalue weighted by atomic mass is 15.3. The molecule has 0 bridgehead atoms. The Labute approximate surface area is 119 Å². The normalized spacial score (nSPS) is 17.4. The van der Waals surface area contributed by atoms with E-state index in [0.29, 0.717) is 6.04 Å². The molecule has 1 aliphatic heterocycles. The van der Waals surface area contributed by atoms with E-state index in [1.54, 1.807) is 0 Å². The topological polar surface area (TPSA) is 41.1 Å². The van der Waals surface area contributed by atoms with E-state index < -0.39 is 0 Å². The highest BCUT2D eigenvalue weighted by Gasteiger charge is 2.28. The van der Waals surface area contributed by atoms with Crippen LogP contribution >= 0.6 is 0 Å². The quantitative estimate of drug-likeness (QED) is 0.929. The smallest absolute Gasteiger partial charge is 0.230 e. The Balaban J connectivity index is 1.99. The van der Waals surface area contributed by atoms with E-state index in [2.05, 4.69) is 46.4 Å². The van der Waals surface area contributed by atoms with Crippen molar-refractivity contribution in [1.82, 2.24) is 15.3 Å². The maximum absolute atomic E-state index is 4.70. The average molecular weight is 268 g/mol. The first-order chi connectivity index (χ1) is 9.70. The van der Waals surface area contributed by atoms with Gasteiger partial charge in [0.25, 0.3) is 0 Å². The first-order valence-corrected chi connectivity index (χ1v) is 7.05. The lowest BCUT2D eigenvalue weighted by Gasteiger charge is -2.23. The second-order valence-electron chi connectivity index (χ2n) is 5.36. The molecule has 4 nitrogen and oxygen atoms in total. The number of nitrogens with one attached hydrogen (secondary N) is 1. The number of para-hydroxylation sites is 1. The Bertz CT molecular complexity index is 624. The van der Waals surface area contributed by atoms with E-state index in [4.69, 9.17) is 4.98 Å². The molecule has 2 heterocycles. The van der Waals surface area contributed by atoms with Crippen molar-refractivity contribution in [2.75, 3.05) is 11.9 Å². The maximum atomic E-state index is 4.70. The van der Waals surface area contributed by atoms with Crippen LogP contribution in [0.15, 0.2) is 30.5 Å². The van der Waals surface area contributed by atoms with E-state index in [-0.39, 0.29) is 0 Å². The molecule has 20 heavy (non-hydrogen) atoms. The number of nitrogens with zero attached hydrogens (tertiary/aromatic N) is 3. The van der Waals surface area contributed by atoms with Crippen molar-refractivity contribution in [3.05, 3.63) is 47.3 Å². The van der Waals surface area contributed by atoms with Crippen LogP contribution < -0.4 is 10.2 Å². The summed E-state index contributed by atoms with van der Waals surface area (Å²) in [4.78, 5) is 11.5. The third kappa shape index (κ3) is 2.16. The predicted molar refractivity (Wildman–Crippen MR) is 81.3 cm³/mol. The van der Waals surface area contributed by atoms with Crippen LogP contribution in [0.2, 0.25) is 0 Å². The minimum Gasteiger partial charge on any atom is -0.316 e. The zero-order valence-corrected chi connectivity index (χ0v) is 12.2. The lowest BCUT2D eigenvalue weighted by atomic mass is 10.1. The van der Waals surface area contributed by atoms with Gasteiger partial charge in [-0.15, -0.1) is 0 Å². The van der Waals surface area contributed by atoms with E-state index >= 15 is 0 Å². The van der Waals surface area contributed by atoms with Gasteiger partial charge in [0.05, 0.1) is 0 Å². The second-order valence-corrected chi connectivity index (χ2v) is 5.36. The molecule has 0 radical (unpaired) electrons. The molecule has 0 aliphatic carbocycles. The Kier molecular flexibility index (Phi) is 3.40. The zero-order valence-electron chi connectivity index (χ0n) is 12.2. The minimum atomic E-state index is 0.405. The lowest BCUT2D eigenvalue weighted by Crippen LogP contribution is -2.26. The summed E-state index contributed by atoms with van der Waals surface area (Å²) in [6.45, 7) is 5.07. The molecule has 104 valence electrons. The van der Waals surface area contributed by atoms with Crippen LogP contribution in [-0.4, -0.2) is 23.1 Å². The number of aromatic nitrogens is 2. The first-order valence-electron chi connectivity index (χ1n) is 7.05. The van der Waals surface area contributed by atoms with Crippen molar-refractivity contribution in [1.29, 1.82) is 0 Å². The molecule has 4 heteroatoms. The molecule has 3 rings (SSSR count). The summed E-state index contributed by atoms with van der Waals surface area (Å²) in [6, 6.07) is 8.91. The summed E-state index contributed by atoms with van der Waals surface area (Å²) in [5.74, 6) is 0.805. The van der Waals surface area contributed by atoms with Gasteiger partial charge in [0.1, 0.15) is 0 Å². The van der Waals surface area contributed by atoms with Crippen LogP contribution in [0.1, 0.15) is 23.7 Å². The van der Waals surface area contributed by atoms with Gasteiger partial charge in [0, 0.05) is 35.7 Å². The van der Waals surface area contributed by atoms with Crippen LogP contribution in [-0.2, 0) is 13.0 Å². The summed E-state index contributed by atoms with van der Waals surface area (Å²) in [7, 11) is 1.94. The molecule has 0 amide bonds. The number of benzene rings is 1. The van der Waals surface area contributed by atoms with Gasteiger partial charge in [-0.25, -0.2) is 9.97 Å². The largest absolute Gasteiger partial charge is 0.316 e. The molecule has 1 aromatic heterocycles. The number of aryl methyl sites for hydroxylation is 1. The Morgan fingerprint density at radius 1 is 1.35 bits per heavy atom. The van der Waals surface area contributed by atoms with Crippen molar-refractivity contribution in [2.45, 2.75) is 32.9 Å². The highest BCUT2D eigenvalue weighted by molar-refractivity contribution is 5.67. The molecule has 0 fully saturated rings. The van der Waals surface area contributed by atoms with Gasteiger partial charge in [0.15, 0.2) is 0 Å². The molecule has 1 N–H and O–H groups in total. The molecular weight excluding hydrogens is 248 g/mol. The molecule has 2 aromatic rings. The van der Waals surface area contributed by atoms with Crippen LogP contribution in [0.4, 0.5) is 11.6 Å². The van der Waals surface area contributed by atoms with Gasteiger partial charge in [0.2, 0.25) is 5.95 Å². The average Bonchev–Trinajstić information content (AvgIpc) is 2.77. The molecule has 0 saturated carbocycles. The highest BCUT2D eigenvalue weighted by Crippen LogP contribution is 2.36. The first kappa shape index (κ1) is 13.1. The molecular formula is C16H20N4. The fourth-order valence-corrected chi connectivity index (χ4v) is 2.83. The van der Waals surface area contributed by atoms with Gasteiger partial charge >= 0.3 is 0 Å². The minimum absolute atomic E-state index is 0.405. The van der Waals surface area contributed by atoms with Crippen LogP contribution in [0.25, 0.3) is 0 Å².